The van der Waals surface area contributed by atoms with Gasteiger partial charge in [0.2, 0.25) is 0 Å². The van der Waals surface area contributed by atoms with Crippen LogP contribution in [0.3, 0.4) is 0 Å². The maximum atomic E-state index is 12.0. The number of halogens is 1. The van der Waals surface area contributed by atoms with Crippen molar-refractivity contribution in [3.8, 4) is 17.2 Å². The molecule has 0 saturated heterocycles. The molecule has 0 aliphatic carbocycles. The van der Waals surface area contributed by atoms with Crippen LogP contribution in [0.2, 0.25) is 0 Å². The SMILES string of the molecule is COc1cc(/C=N\NC(=O)COc2cccc3cccnc23)cc(I)c1OC. The predicted molar refractivity (Wildman–Crippen MR) is 115 cm³/mol. The quantitative estimate of drug-likeness (QED) is 0.312. The average molecular weight is 491 g/mol. The first-order valence-corrected chi connectivity index (χ1v) is 9.40. The zero-order chi connectivity index (χ0) is 19.9. The Morgan fingerprint density at radius 2 is 2.00 bits per heavy atom. The third kappa shape index (κ3) is 4.69. The van der Waals surface area contributed by atoms with Gasteiger partial charge in [-0.1, -0.05) is 18.2 Å². The molecule has 3 rings (SSSR count). The number of para-hydroxylation sites is 1. The molecule has 0 saturated carbocycles. The first kappa shape index (κ1) is 19.9. The molecule has 1 amide bonds. The summed E-state index contributed by atoms with van der Waals surface area (Å²) in [7, 11) is 3.15. The topological polar surface area (TPSA) is 82.0 Å². The fourth-order valence-corrected chi connectivity index (χ4v) is 3.41. The summed E-state index contributed by atoms with van der Waals surface area (Å²) in [5.41, 5.74) is 3.92. The van der Waals surface area contributed by atoms with Crippen LogP contribution in [-0.2, 0) is 4.79 Å². The second kappa shape index (κ2) is 9.36. The van der Waals surface area contributed by atoms with Gasteiger partial charge < -0.3 is 14.2 Å². The molecule has 0 aliphatic rings. The highest BCUT2D eigenvalue weighted by Gasteiger charge is 2.10. The van der Waals surface area contributed by atoms with Crippen molar-refractivity contribution in [1.29, 1.82) is 0 Å². The molecule has 0 fully saturated rings. The number of methoxy groups -OCH3 is 2. The molecule has 144 valence electrons. The summed E-state index contributed by atoms with van der Waals surface area (Å²) in [6.45, 7) is -0.170. The molecule has 0 unspecified atom stereocenters. The van der Waals surface area contributed by atoms with E-state index in [1.54, 1.807) is 32.5 Å². The number of aromatic nitrogens is 1. The van der Waals surface area contributed by atoms with Crippen molar-refractivity contribution in [3.63, 3.8) is 0 Å². The van der Waals surface area contributed by atoms with Crippen molar-refractivity contribution in [2.24, 2.45) is 5.10 Å². The van der Waals surface area contributed by atoms with Crippen LogP contribution in [0.5, 0.6) is 17.2 Å². The van der Waals surface area contributed by atoms with Crippen molar-refractivity contribution >= 4 is 45.6 Å². The highest BCUT2D eigenvalue weighted by Crippen LogP contribution is 2.33. The van der Waals surface area contributed by atoms with Crippen LogP contribution in [0.4, 0.5) is 0 Å². The molecule has 7 nitrogen and oxygen atoms in total. The third-order valence-corrected chi connectivity index (χ3v) is 4.61. The number of pyridine rings is 1. The van der Waals surface area contributed by atoms with Gasteiger partial charge in [0.15, 0.2) is 18.1 Å². The first-order chi connectivity index (χ1) is 13.6. The summed E-state index contributed by atoms with van der Waals surface area (Å²) in [4.78, 5) is 16.3. The number of ether oxygens (including phenoxy) is 3. The second-order valence-electron chi connectivity index (χ2n) is 5.65. The minimum Gasteiger partial charge on any atom is -0.493 e. The number of benzene rings is 2. The smallest absolute Gasteiger partial charge is 0.277 e. The van der Waals surface area contributed by atoms with Crippen LogP contribution in [0.25, 0.3) is 10.9 Å². The zero-order valence-corrected chi connectivity index (χ0v) is 17.5. The van der Waals surface area contributed by atoms with Gasteiger partial charge >= 0.3 is 0 Å². The van der Waals surface area contributed by atoms with Gasteiger partial charge in [-0.05, 0) is 52.4 Å². The molecule has 0 radical (unpaired) electrons. The Balaban J connectivity index is 1.60. The van der Waals surface area contributed by atoms with E-state index in [1.807, 2.05) is 30.3 Å². The molecular formula is C20H18IN3O4. The third-order valence-electron chi connectivity index (χ3n) is 3.81. The number of carbonyl (C=O) groups excluding carboxylic acids is 1. The largest absolute Gasteiger partial charge is 0.493 e. The summed E-state index contributed by atoms with van der Waals surface area (Å²) >= 11 is 2.15. The van der Waals surface area contributed by atoms with Gasteiger partial charge in [0.25, 0.3) is 5.91 Å². The zero-order valence-electron chi connectivity index (χ0n) is 15.3. The lowest BCUT2D eigenvalue weighted by Gasteiger charge is -2.10. The number of hydrazone groups is 1. The van der Waals surface area contributed by atoms with Crippen LogP contribution < -0.4 is 19.6 Å². The molecule has 3 aromatic rings. The van der Waals surface area contributed by atoms with Gasteiger partial charge in [-0.2, -0.15) is 5.10 Å². The lowest BCUT2D eigenvalue weighted by molar-refractivity contribution is -0.123. The molecular weight excluding hydrogens is 473 g/mol. The van der Waals surface area contributed by atoms with E-state index in [0.29, 0.717) is 22.8 Å². The Hall–Kier alpha value is -2.88. The minimum absolute atomic E-state index is 0.170. The molecule has 8 heteroatoms. The number of nitrogens with zero attached hydrogens (tertiary/aromatic N) is 2. The number of hydrogen-bond donors (Lipinski definition) is 1. The summed E-state index contributed by atoms with van der Waals surface area (Å²) in [5.74, 6) is 1.42. The Labute approximate surface area is 175 Å². The van der Waals surface area contributed by atoms with E-state index in [0.717, 1.165) is 14.5 Å². The second-order valence-corrected chi connectivity index (χ2v) is 6.81. The van der Waals surface area contributed by atoms with Crippen LogP contribution in [0.15, 0.2) is 53.8 Å². The summed E-state index contributed by atoms with van der Waals surface area (Å²) < 4.78 is 17.1. The highest BCUT2D eigenvalue weighted by atomic mass is 127. The number of rotatable bonds is 7. The number of carbonyl (C=O) groups is 1. The van der Waals surface area contributed by atoms with E-state index in [1.165, 1.54) is 6.21 Å². The van der Waals surface area contributed by atoms with Crippen LogP contribution in [-0.4, -0.2) is 37.9 Å². The molecule has 1 heterocycles. The van der Waals surface area contributed by atoms with E-state index >= 15 is 0 Å². The molecule has 0 spiro atoms. The van der Waals surface area contributed by atoms with Gasteiger partial charge in [0.1, 0.15) is 11.3 Å². The van der Waals surface area contributed by atoms with Crippen LogP contribution in [0, 0.1) is 3.57 Å². The van der Waals surface area contributed by atoms with Crippen LogP contribution >= 0.6 is 22.6 Å². The first-order valence-electron chi connectivity index (χ1n) is 8.32. The Kier molecular flexibility index (Phi) is 6.64. The van der Waals surface area contributed by atoms with Gasteiger partial charge in [0, 0.05) is 11.6 Å². The standard InChI is InChI=1S/C20H18IN3O4/c1-26-17-10-13(9-15(21)20(17)27-2)11-23-24-18(25)12-28-16-7-3-5-14-6-4-8-22-19(14)16/h3-11H,12H2,1-2H3,(H,24,25)/b23-11-. The summed E-state index contributed by atoms with van der Waals surface area (Å²) in [6.07, 6.45) is 3.21. The van der Waals surface area contributed by atoms with E-state index in [9.17, 15) is 4.79 Å². The fourth-order valence-electron chi connectivity index (χ4n) is 2.56. The summed E-state index contributed by atoms with van der Waals surface area (Å²) in [6, 6.07) is 13.0. The normalized spacial score (nSPS) is 10.8. The molecule has 0 bridgehead atoms. The molecule has 0 aliphatic heterocycles. The Bertz CT molecular complexity index is 1020. The lowest BCUT2D eigenvalue weighted by Crippen LogP contribution is -2.24. The predicted octanol–water partition coefficient (Wildman–Crippen LogP) is 3.39. The van der Waals surface area contributed by atoms with Crippen molar-refractivity contribution in [2.75, 3.05) is 20.8 Å². The van der Waals surface area contributed by atoms with Gasteiger partial charge in [-0.3, -0.25) is 9.78 Å². The van der Waals surface area contributed by atoms with Crippen molar-refractivity contribution in [1.82, 2.24) is 10.4 Å². The molecule has 28 heavy (non-hydrogen) atoms. The Morgan fingerprint density at radius 1 is 1.18 bits per heavy atom. The van der Waals surface area contributed by atoms with E-state index < -0.39 is 0 Å². The van der Waals surface area contributed by atoms with Gasteiger partial charge in [-0.15, -0.1) is 0 Å². The highest BCUT2D eigenvalue weighted by molar-refractivity contribution is 14.1. The number of amides is 1. The number of hydrogen-bond acceptors (Lipinski definition) is 6. The van der Waals surface area contributed by atoms with Gasteiger partial charge in [0.05, 0.1) is 24.0 Å². The minimum atomic E-state index is -0.376. The van der Waals surface area contributed by atoms with E-state index in [2.05, 4.69) is 38.1 Å². The monoisotopic (exact) mass is 491 g/mol. The van der Waals surface area contributed by atoms with Crippen molar-refractivity contribution < 1.29 is 19.0 Å². The summed E-state index contributed by atoms with van der Waals surface area (Å²) in [5, 5.41) is 4.91. The molecule has 0 atom stereocenters. The average Bonchev–Trinajstić information content (AvgIpc) is 2.71. The van der Waals surface area contributed by atoms with E-state index in [-0.39, 0.29) is 12.5 Å². The van der Waals surface area contributed by atoms with E-state index in [4.69, 9.17) is 14.2 Å². The van der Waals surface area contributed by atoms with Crippen molar-refractivity contribution in [3.05, 3.63) is 57.8 Å². The van der Waals surface area contributed by atoms with Crippen LogP contribution in [0.1, 0.15) is 5.56 Å². The maximum Gasteiger partial charge on any atom is 0.277 e. The molecule has 2 aromatic carbocycles. The number of fused-ring (bicyclic) bond motifs is 1. The van der Waals surface area contributed by atoms with Crippen molar-refractivity contribution in [2.45, 2.75) is 0 Å². The molecule has 1 aromatic heterocycles. The maximum absolute atomic E-state index is 12.0. The number of nitrogens with one attached hydrogen (secondary N) is 1. The lowest BCUT2D eigenvalue weighted by atomic mass is 10.2. The fraction of sp³-hybridized carbons (Fsp3) is 0.150. The Morgan fingerprint density at radius 3 is 2.79 bits per heavy atom. The van der Waals surface area contributed by atoms with Gasteiger partial charge in [-0.25, -0.2) is 5.43 Å². The molecule has 1 N–H and O–H groups in total.